The highest BCUT2D eigenvalue weighted by atomic mass is 16.5. The van der Waals surface area contributed by atoms with Gasteiger partial charge in [0.25, 0.3) is 0 Å². The van der Waals surface area contributed by atoms with Gasteiger partial charge in [0.1, 0.15) is 6.61 Å². The molecule has 5 heteroatoms. The minimum Gasteiger partial charge on any atom is -0.445 e. The molecule has 0 bridgehead atoms. The van der Waals surface area contributed by atoms with Crippen molar-refractivity contribution in [2.24, 2.45) is 0 Å². The van der Waals surface area contributed by atoms with Gasteiger partial charge >= 0.3 is 6.09 Å². The van der Waals surface area contributed by atoms with Crippen LogP contribution in [0, 0.1) is 0 Å². The third kappa shape index (κ3) is 8.05. The van der Waals surface area contributed by atoms with Crippen molar-refractivity contribution in [3.8, 4) is 0 Å². The molecule has 0 fully saturated rings. The quantitative estimate of drug-likeness (QED) is 0.594. The van der Waals surface area contributed by atoms with Crippen molar-refractivity contribution in [3.05, 3.63) is 71.8 Å². The van der Waals surface area contributed by atoms with Crippen LogP contribution in [0.25, 0.3) is 0 Å². The molecular formula is C22H28N2O3. The molecule has 5 nitrogen and oxygen atoms in total. The van der Waals surface area contributed by atoms with Crippen LogP contribution in [0.3, 0.4) is 0 Å². The Kier molecular flexibility index (Phi) is 9.07. The van der Waals surface area contributed by atoms with Gasteiger partial charge in [-0.2, -0.15) is 0 Å². The number of nitrogens with one attached hydrogen (secondary N) is 2. The van der Waals surface area contributed by atoms with Crippen molar-refractivity contribution in [1.29, 1.82) is 0 Å². The Morgan fingerprint density at radius 1 is 1.00 bits per heavy atom. The first-order chi connectivity index (χ1) is 13.2. The predicted molar refractivity (Wildman–Crippen MR) is 107 cm³/mol. The predicted octanol–water partition coefficient (Wildman–Crippen LogP) is 3.66. The van der Waals surface area contributed by atoms with Gasteiger partial charge in [0.2, 0.25) is 0 Å². The Hall–Kier alpha value is -2.66. The highest BCUT2D eigenvalue weighted by molar-refractivity contribution is 5.84. The average molecular weight is 368 g/mol. The molecule has 0 aliphatic rings. The van der Waals surface area contributed by atoms with Crippen LogP contribution in [0.4, 0.5) is 4.79 Å². The number of carbonyl (C=O) groups is 2. The molecule has 0 aliphatic heterocycles. The molecule has 0 spiro atoms. The second-order valence-electron chi connectivity index (χ2n) is 6.42. The first-order valence-corrected chi connectivity index (χ1v) is 9.41. The van der Waals surface area contributed by atoms with Gasteiger partial charge in [0.05, 0.1) is 6.54 Å². The number of ether oxygens (including phenoxy) is 1. The molecule has 0 aromatic heterocycles. The van der Waals surface area contributed by atoms with Crippen molar-refractivity contribution >= 4 is 11.9 Å². The van der Waals surface area contributed by atoms with E-state index in [-0.39, 0.29) is 18.9 Å². The summed E-state index contributed by atoms with van der Waals surface area (Å²) in [4.78, 5) is 23.5. The van der Waals surface area contributed by atoms with Gasteiger partial charge in [-0.25, -0.2) is 4.79 Å². The Balaban J connectivity index is 1.57. The number of ketones is 1. The standard InChI is InChI=1S/C22H28N2O3/c1-2-19(20-11-7-4-8-12-20)15-23-14-13-21(25)16-24-22(26)27-17-18-9-5-3-6-10-18/h3-12,19,23H,2,13-17H2,1H3,(H,24,26). The zero-order valence-corrected chi connectivity index (χ0v) is 15.8. The number of carbonyl (C=O) groups excluding carboxylic acids is 2. The molecule has 0 saturated carbocycles. The Morgan fingerprint density at radius 3 is 2.33 bits per heavy atom. The van der Waals surface area contributed by atoms with Gasteiger partial charge in [-0.05, 0) is 23.5 Å². The molecule has 0 saturated heterocycles. The van der Waals surface area contributed by atoms with E-state index in [2.05, 4.69) is 29.7 Å². The molecule has 0 heterocycles. The first-order valence-electron chi connectivity index (χ1n) is 9.41. The monoisotopic (exact) mass is 368 g/mol. The highest BCUT2D eigenvalue weighted by Crippen LogP contribution is 2.17. The van der Waals surface area contributed by atoms with E-state index >= 15 is 0 Å². The lowest BCUT2D eigenvalue weighted by molar-refractivity contribution is -0.118. The Labute approximate surface area is 161 Å². The molecule has 1 amide bonds. The van der Waals surface area contributed by atoms with E-state index in [1.807, 2.05) is 48.5 Å². The molecule has 0 radical (unpaired) electrons. The van der Waals surface area contributed by atoms with E-state index in [1.54, 1.807) is 0 Å². The van der Waals surface area contributed by atoms with Crippen molar-refractivity contribution in [1.82, 2.24) is 10.6 Å². The van der Waals surface area contributed by atoms with Gasteiger partial charge in [0.15, 0.2) is 5.78 Å². The molecule has 2 aromatic rings. The number of benzene rings is 2. The molecule has 2 rings (SSSR count). The van der Waals surface area contributed by atoms with Gasteiger partial charge in [-0.1, -0.05) is 67.6 Å². The van der Waals surface area contributed by atoms with Gasteiger partial charge < -0.3 is 15.4 Å². The molecule has 1 atom stereocenters. The lowest BCUT2D eigenvalue weighted by atomic mass is 9.96. The summed E-state index contributed by atoms with van der Waals surface area (Å²) >= 11 is 0. The van der Waals surface area contributed by atoms with Crippen molar-refractivity contribution in [2.45, 2.75) is 32.3 Å². The van der Waals surface area contributed by atoms with Gasteiger partial charge in [0, 0.05) is 19.5 Å². The van der Waals surface area contributed by atoms with E-state index in [4.69, 9.17) is 4.74 Å². The molecular weight excluding hydrogens is 340 g/mol. The zero-order chi connectivity index (χ0) is 19.3. The summed E-state index contributed by atoms with van der Waals surface area (Å²) < 4.78 is 5.08. The van der Waals surface area contributed by atoms with Crippen molar-refractivity contribution < 1.29 is 14.3 Å². The average Bonchev–Trinajstić information content (AvgIpc) is 2.72. The van der Waals surface area contributed by atoms with E-state index in [1.165, 1.54) is 5.56 Å². The molecule has 27 heavy (non-hydrogen) atoms. The van der Waals surface area contributed by atoms with Gasteiger partial charge in [-0.15, -0.1) is 0 Å². The summed E-state index contributed by atoms with van der Waals surface area (Å²) in [6.45, 7) is 3.78. The van der Waals surface area contributed by atoms with Crippen LogP contribution >= 0.6 is 0 Å². The molecule has 144 valence electrons. The minimum absolute atomic E-state index is 0.00874. The van der Waals surface area contributed by atoms with E-state index in [0.29, 0.717) is 18.9 Å². The van der Waals surface area contributed by atoms with Crippen molar-refractivity contribution in [3.63, 3.8) is 0 Å². The third-order valence-corrected chi connectivity index (χ3v) is 4.38. The number of alkyl carbamates (subject to hydrolysis) is 1. The van der Waals surface area contributed by atoms with Crippen LogP contribution < -0.4 is 10.6 Å². The molecule has 2 N–H and O–H groups in total. The summed E-state index contributed by atoms with van der Waals surface area (Å²) in [6, 6.07) is 19.8. The highest BCUT2D eigenvalue weighted by Gasteiger charge is 2.10. The maximum atomic E-state index is 11.9. The fourth-order valence-electron chi connectivity index (χ4n) is 2.76. The van der Waals surface area contributed by atoms with Crippen LogP contribution in [0.1, 0.15) is 36.8 Å². The molecule has 0 aliphatic carbocycles. The van der Waals surface area contributed by atoms with Crippen molar-refractivity contribution in [2.75, 3.05) is 19.6 Å². The lowest BCUT2D eigenvalue weighted by Gasteiger charge is -2.16. The number of rotatable bonds is 11. The number of hydrogen-bond donors (Lipinski definition) is 2. The minimum atomic E-state index is -0.574. The van der Waals surface area contributed by atoms with E-state index in [9.17, 15) is 9.59 Å². The fraction of sp³-hybridized carbons (Fsp3) is 0.364. The fourth-order valence-corrected chi connectivity index (χ4v) is 2.76. The summed E-state index contributed by atoms with van der Waals surface area (Å²) in [5.74, 6) is 0.416. The van der Waals surface area contributed by atoms with E-state index < -0.39 is 6.09 Å². The smallest absolute Gasteiger partial charge is 0.407 e. The van der Waals surface area contributed by atoms with Crippen LogP contribution in [-0.4, -0.2) is 31.5 Å². The van der Waals surface area contributed by atoms with Gasteiger partial charge in [-0.3, -0.25) is 4.79 Å². The maximum absolute atomic E-state index is 11.9. The number of Topliss-reactive ketones (excluding diaryl/α,β-unsaturated/α-hetero) is 1. The summed E-state index contributed by atoms with van der Waals surface area (Å²) in [5.41, 5.74) is 2.22. The largest absolute Gasteiger partial charge is 0.445 e. The summed E-state index contributed by atoms with van der Waals surface area (Å²) in [6.07, 6.45) is 0.847. The molecule has 1 unspecified atom stereocenters. The summed E-state index contributed by atoms with van der Waals surface area (Å²) in [5, 5.41) is 5.84. The Morgan fingerprint density at radius 2 is 1.67 bits per heavy atom. The lowest BCUT2D eigenvalue weighted by Crippen LogP contribution is -2.32. The normalized spacial score (nSPS) is 11.6. The third-order valence-electron chi connectivity index (χ3n) is 4.38. The zero-order valence-electron chi connectivity index (χ0n) is 15.8. The van der Waals surface area contributed by atoms with E-state index in [0.717, 1.165) is 18.5 Å². The number of hydrogen-bond acceptors (Lipinski definition) is 4. The molecule has 2 aromatic carbocycles. The van der Waals surface area contributed by atoms with Crippen LogP contribution in [0.15, 0.2) is 60.7 Å². The maximum Gasteiger partial charge on any atom is 0.407 e. The second-order valence-corrected chi connectivity index (χ2v) is 6.42. The topological polar surface area (TPSA) is 67.4 Å². The second kappa shape index (κ2) is 11.9. The van der Waals surface area contributed by atoms with Crippen LogP contribution in [0.5, 0.6) is 0 Å². The van der Waals surface area contributed by atoms with Crippen LogP contribution in [-0.2, 0) is 16.1 Å². The Bertz CT molecular complexity index is 689. The SMILES string of the molecule is CCC(CNCCC(=O)CNC(=O)OCc1ccccc1)c1ccccc1. The number of amides is 1. The summed E-state index contributed by atoms with van der Waals surface area (Å²) in [7, 11) is 0. The first kappa shape index (κ1) is 20.6. The van der Waals surface area contributed by atoms with Crippen LogP contribution in [0.2, 0.25) is 0 Å².